The number of nitrogens with zero attached hydrogens (tertiary/aromatic N) is 2. The van der Waals surface area contributed by atoms with Crippen LogP contribution in [0.1, 0.15) is 44.1 Å². The van der Waals surface area contributed by atoms with Crippen molar-refractivity contribution in [1.29, 1.82) is 0 Å². The molecule has 0 radical (unpaired) electrons. The number of pyridine rings is 1. The number of aromatic nitrogens is 1. The Kier molecular flexibility index (Phi) is 4.51. The number of Topliss-reactive ketones (excluding diaryl/α,β-unsaturated/α-hetero) is 1. The molecule has 20 heavy (non-hydrogen) atoms. The summed E-state index contributed by atoms with van der Waals surface area (Å²) in [6.45, 7) is 2.03. The van der Waals surface area contributed by atoms with E-state index in [1.807, 2.05) is 12.4 Å². The third kappa shape index (κ3) is 3.12. The van der Waals surface area contributed by atoms with E-state index in [1.165, 1.54) is 24.8 Å². The predicted octanol–water partition coefficient (Wildman–Crippen LogP) is 3.57. The lowest BCUT2D eigenvalue weighted by molar-refractivity contribution is -0.123. The third-order valence-electron chi connectivity index (χ3n) is 4.63. The molecule has 2 aliphatic rings. The molecule has 0 N–H and O–H groups in total. The molecule has 0 amide bonds. The molecule has 3 nitrogen and oxygen atoms in total. The number of ketones is 1. The average Bonchev–Trinajstić information content (AvgIpc) is 2.86. The third-order valence-corrected chi connectivity index (χ3v) is 5.06. The number of hydrogen-bond donors (Lipinski definition) is 0. The largest absolute Gasteiger partial charge is 0.299 e. The lowest BCUT2D eigenvalue weighted by atomic mass is 9.88. The first-order chi connectivity index (χ1) is 9.74. The molecule has 1 aliphatic carbocycles. The van der Waals surface area contributed by atoms with Crippen LogP contribution < -0.4 is 0 Å². The smallest absolute Gasteiger partial charge is 0.137 e. The van der Waals surface area contributed by atoms with E-state index in [9.17, 15) is 4.79 Å². The quantitative estimate of drug-likeness (QED) is 0.845. The minimum atomic E-state index is 0.287. The van der Waals surface area contributed by atoms with Crippen LogP contribution >= 0.6 is 15.9 Å². The van der Waals surface area contributed by atoms with Crippen molar-refractivity contribution in [3.8, 4) is 0 Å². The Morgan fingerprint density at radius 2 is 2.15 bits per heavy atom. The Labute approximate surface area is 128 Å². The number of rotatable bonds is 3. The SMILES string of the molecule is O=C1CCCC1C1CCCCN1Cc1cncc(Br)c1. The summed E-state index contributed by atoms with van der Waals surface area (Å²) in [4.78, 5) is 18.8. The van der Waals surface area contributed by atoms with Gasteiger partial charge in [-0.15, -0.1) is 0 Å². The predicted molar refractivity (Wildman–Crippen MR) is 82.3 cm³/mol. The minimum absolute atomic E-state index is 0.287. The number of carbonyl (C=O) groups excluding carboxylic acids is 1. The van der Waals surface area contributed by atoms with Gasteiger partial charge in [0, 0.05) is 41.8 Å². The monoisotopic (exact) mass is 336 g/mol. The van der Waals surface area contributed by atoms with Crippen LogP contribution in [0, 0.1) is 5.92 Å². The van der Waals surface area contributed by atoms with Crippen molar-refractivity contribution in [2.75, 3.05) is 6.54 Å². The molecule has 0 spiro atoms. The number of halogens is 1. The van der Waals surface area contributed by atoms with Gasteiger partial charge in [0.25, 0.3) is 0 Å². The Balaban J connectivity index is 1.73. The van der Waals surface area contributed by atoms with E-state index in [4.69, 9.17) is 0 Å². The summed E-state index contributed by atoms with van der Waals surface area (Å²) in [5, 5.41) is 0. The highest BCUT2D eigenvalue weighted by Crippen LogP contribution is 2.33. The first-order valence-electron chi connectivity index (χ1n) is 7.60. The molecule has 0 bridgehead atoms. The van der Waals surface area contributed by atoms with E-state index in [0.717, 1.165) is 36.8 Å². The molecule has 2 atom stereocenters. The second-order valence-corrected chi connectivity index (χ2v) is 6.93. The molecule has 2 fully saturated rings. The van der Waals surface area contributed by atoms with Gasteiger partial charge >= 0.3 is 0 Å². The Morgan fingerprint density at radius 3 is 2.90 bits per heavy atom. The highest BCUT2D eigenvalue weighted by atomic mass is 79.9. The van der Waals surface area contributed by atoms with E-state index in [-0.39, 0.29) is 5.92 Å². The van der Waals surface area contributed by atoms with Gasteiger partial charge in [0.1, 0.15) is 5.78 Å². The maximum Gasteiger partial charge on any atom is 0.137 e. The van der Waals surface area contributed by atoms with Crippen LogP contribution in [-0.4, -0.2) is 28.3 Å². The summed E-state index contributed by atoms with van der Waals surface area (Å²) in [6.07, 6.45) is 10.4. The van der Waals surface area contributed by atoms with Gasteiger partial charge in [-0.2, -0.15) is 0 Å². The average molecular weight is 337 g/mol. The second-order valence-electron chi connectivity index (χ2n) is 6.01. The van der Waals surface area contributed by atoms with Gasteiger partial charge < -0.3 is 0 Å². The fourth-order valence-corrected chi connectivity index (χ4v) is 4.11. The van der Waals surface area contributed by atoms with Crippen molar-refractivity contribution in [2.45, 2.75) is 51.1 Å². The van der Waals surface area contributed by atoms with E-state index in [1.54, 1.807) is 0 Å². The Morgan fingerprint density at radius 1 is 1.25 bits per heavy atom. The van der Waals surface area contributed by atoms with Crippen molar-refractivity contribution in [3.05, 3.63) is 28.5 Å². The summed E-state index contributed by atoms with van der Waals surface area (Å²) < 4.78 is 1.03. The number of piperidine rings is 1. The molecule has 1 aliphatic heterocycles. The number of carbonyl (C=O) groups is 1. The molecule has 1 aromatic heterocycles. The summed E-state index contributed by atoms with van der Waals surface area (Å²) in [5.41, 5.74) is 1.23. The summed E-state index contributed by atoms with van der Waals surface area (Å²) in [5.74, 6) is 0.782. The summed E-state index contributed by atoms with van der Waals surface area (Å²) in [7, 11) is 0. The van der Waals surface area contributed by atoms with E-state index >= 15 is 0 Å². The van der Waals surface area contributed by atoms with Gasteiger partial charge in [-0.25, -0.2) is 0 Å². The van der Waals surface area contributed by atoms with Crippen molar-refractivity contribution < 1.29 is 4.79 Å². The van der Waals surface area contributed by atoms with E-state index < -0.39 is 0 Å². The fourth-order valence-electron chi connectivity index (χ4n) is 3.70. The zero-order valence-electron chi connectivity index (χ0n) is 11.7. The molecule has 1 saturated heterocycles. The lowest BCUT2D eigenvalue weighted by Crippen LogP contribution is -2.44. The Bertz CT molecular complexity index is 491. The highest BCUT2D eigenvalue weighted by molar-refractivity contribution is 9.10. The Hall–Kier alpha value is -0.740. The van der Waals surface area contributed by atoms with Crippen molar-refractivity contribution in [1.82, 2.24) is 9.88 Å². The van der Waals surface area contributed by atoms with Crippen LogP contribution in [0.5, 0.6) is 0 Å². The molecular weight excluding hydrogens is 316 g/mol. The van der Waals surface area contributed by atoms with Crippen LogP contribution in [0.4, 0.5) is 0 Å². The number of hydrogen-bond acceptors (Lipinski definition) is 3. The van der Waals surface area contributed by atoms with Gasteiger partial charge in [0.2, 0.25) is 0 Å². The van der Waals surface area contributed by atoms with Crippen LogP contribution in [0.3, 0.4) is 0 Å². The van der Waals surface area contributed by atoms with Crippen LogP contribution in [0.25, 0.3) is 0 Å². The first kappa shape index (κ1) is 14.2. The zero-order chi connectivity index (χ0) is 13.9. The van der Waals surface area contributed by atoms with Gasteiger partial charge in [-0.05, 0) is 59.8 Å². The molecule has 2 unspecified atom stereocenters. The lowest BCUT2D eigenvalue weighted by Gasteiger charge is -2.38. The first-order valence-corrected chi connectivity index (χ1v) is 8.39. The van der Waals surface area contributed by atoms with E-state index in [2.05, 4.69) is 31.9 Å². The standard InChI is InChI=1S/C16H21BrN2O/c17-13-8-12(9-18-10-13)11-19-7-2-1-5-15(19)14-4-3-6-16(14)20/h8-10,14-15H,1-7,11H2. The highest BCUT2D eigenvalue weighted by Gasteiger charge is 2.36. The number of likely N-dealkylation sites (tertiary alicyclic amines) is 1. The molecule has 1 aromatic rings. The minimum Gasteiger partial charge on any atom is -0.299 e. The van der Waals surface area contributed by atoms with Crippen molar-refractivity contribution in [2.24, 2.45) is 5.92 Å². The van der Waals surface area contributed by atoms with Gasteiger partial charge in [-0.1, -0.05) is 6.42 Å². The second kappa shape index (κ2) is 6.35. The fraction of sp³-hybridized carbons (Fsp3) is 0.625. The van der Waals surface area contributed by atoms with Crippen molar-refractivity contribution in [3.63, 3.8) is 0 Å². The van der Waals surface area contributed by atoms with Crippen LogP contribution in [0.2, 0.25) is 0 Å². The normalized spacial score (nSPS) is 27.9. The van der Waals surface area contributed by atoms with Crippen LogP contribution in [0.15, 0.2) is 22.9 Å². The topological polar surface area (TPSA) is 33.2 Å². The summed E-state index contributed by atoms with van der Waals surface area (Å²) >= 11 is 3.48. The molecule has 1 saturated carbocycles. The molecular formula is C16H21BrN2O. The van der Waals surface area contributed by atoms with Gasteiger partial charge in [-0.3, -0.25) is 14.7 Å². The molecule has 4 heteroatoms. The van der Waals surface area contributed by atoms with Gasteiger partial charge in [0.15, 0.2) is 0 Å². The molecule has 0 aromatic carbocycles. The van der Waals surface area contributed by atoms with Crippen molar-refractivity contribution >= 4 is 21.7 Å². The maximum atomic E-state index is 12.1. The zero-order valence-corrected chi connectivity index (χ0v) is 13.3. The van der Waals surface area contributed by atoms with Crippen LogP contribution in [-0.2, 0) is 11.3 Å². The molecule has 3 rings (SSSR count). The van der Waals surface area contributed by atoms with E-state index in [0.29, 0.717) is 11.8 Å². The summed E-state index contributed by atoms with van der Waals surface area (Å²) in [6, 6.07) is 2.59. The molecule has 2 heterocycles. The van der Waals surface area contributed by atoms with Gasteiger partial charge in [0.05, 0.1) is 0 Å². The maximum absolute atomic E-state index is 12.1. The molecule has 108 valence electrons.